The molecule has 2 atom stereocenters. The Kier molecular flexibility index (Phi) is 3.50. The normalized spacial score (nSPS) is 38.1. The fourth-order valence-corrected chi connectivity index (χ4v) is 3.18. The second kappa shape index (κ2) is 4.69. The van der Waals surface area contributed by atoms with Crippen molar-refractivity contribution in [1.82, 2.24) is 0 Å². The highest BCUT2D eigenvalue weighted by Gasteiger charge is 2.36. The Morgan fingerprint density at radius 1 is 1.20 bits per heavy atom. The molecule has 0 radical (unpaired) electrons. The third kappa shape index (κ3) is 2.44. The number of hydrogen-bond acceptors (Lipinski definition) is 1. The maximum Gasteiger partial charge on any atom is 0.0856 e. The summed E-state index contributed by atoms with van der Waals surface area (Å²) in [5, 5.41) is 10.6. The number of hydrogen-bond donors (Lipinski definition) is 1. The van der Waals surface area contributed by atoms with E-state index in [1.54, 1.807) is 0 Å². The summed E-state index contributed by atoms with van der Waals surface area (Å²) in [5.41, 5.74) is -0.452. The van der Waals surface area contributed by atoms with Crippen molar-refractivity contribution >= 4 is 0 Å². The van der Waals surface area contributed by atoms with Crippen LogP contribution in [0.3, 0.4) is 0 Å². The van der Waals surface area contributed by atoms with Gasteiger partial charge in [0.1, 0.15) is 0 Å². The minimum absolute atomic E-state index is 0.452. The molecule has 1 saturated carbocycles. The molecule has 1 N–H and O–H groups in total. The molecule has 0 spiro atoms. The van der Waals surface area contributed by atoms with Crippen molar-refractivity contribution in [2.24, 2.45) is 11.8 Å². The first-order valence-corrected chi connectivity index (χ1v) is 6.66. The predicted octanol–water partition coefficient (Wildman–Crippen LogP) is 3.67. The van der Waals surface area contributed by atoms with E-state index in [2.05, 4.69) is 19.1 Å². The number of rotatable bonds is 2. The largest absolute Gasteiger partial charge is 0.386 e. The minimum Gasteiger partial charge on any atom is -0.386 e. The molecule has 0 saturated heterocycles. The molecule has 0 aromatic rings. The minimum atomic E-state index is -0.452. The van der Waals surface area contributed by atoms with Gasteiger partial charge in [-0.05, 0) is 43.9 Å². The molecule has 2 rings (SSSR count). The van der Waals surface area contributed by atoms with E-state index in [1.165, 1.54) is 44.9 Å². The predicted molar refractivity (Wildman–Crippen MR) is 63.7 cm³/mol. The first-order chi connectivity index (χ1) is 7.24. The molecular weight excluding hydrogens is 184 g/mol. The summed E-state index contributed by atoms with van der Waals surface area (Å²) in [4.78, 5) is 0. The SMILES string of the molecule is CCC1C=CC(O)(C2CCCCC2)CC1. The maximum atomic E-state index is 10.6. The molecule has 0 aromatic heterocycles. The molecule has 86 valence electrons. The smallest absolute Gasteiger partial charge is 0.0856 e. The Balaban J connectivity index is 2.00. The lowest BCUT2D eigenvalue weighted by atomic mass is 9.71. The van der Waals surface area contributed by atoms with Crippen LogP contribution in [0.4, 0.5) is 0 Å². The monoisotopic (exact) mass is 208 g/mol. The van der Waals surface area contributed by atoms with Crippen LogP contribution >= 0.6 is 0 Å². The number of allylic oxidation sites excluding steroid dienone is 1. The van der Waals surface area contributed by atoms with Gasteiger partial charge in [-0.15, -0.1) is 0 Å². The third-order valence-electron chi connectivity index (χ3n) is 4.41. The van der Waals surface area contributed by atoms with Gasteiger partial charge in [0.2, 0.25) is 0 Å². The van der Waals surface area contributed by atoms with E-state index in [9.17, 15) is 5.11 Å². The third-order valence-corrected chi connectivity index (χ3v) is 4.41. The van der Waals surface area contributed by atoms with Crippen LogP contribution in [-0.2, 0) is 0 Å². The fraction of sp³-hybridized carbons (Fsp3) is 0.857. The summed E-state index contributed by atoms with van der Waals surface area (Å²) in [7, 11) is 0. The van der Waals surface area contributed by atoms with Gasteiger partial charge in [-0.3, -0.25) is 0 Å². The molecule has 15 heavy (non-hydrogen) atoms. The Bertz CT molecular complexity index is 227. The molecule has 0 amide bonds. The van der Waals surface area contributed by atoms with Gasteiger partial charge in [-0.2, -0.15) is 0 Å². The zero-order valence-corrected chi connectivity index (χ0v) is 9.91. The van der Waals surface area contributed by atoms with Gasteiger partial charge in [-0.1, -0.05) is 38.3 Å². The van der Waals surface area contributed by atoms with Crippen molar-refractivity contribution in [2.75, 3.05) is 0 Å². The van der Waals surface area contributed by atoms with Gasteiger partial charge in [0, 0.05) is 0 Å². The van der Waals surface area contributed by atoms with E-state index >= 15 is 0 Å². The van der Waals surface area contributed by atoms with E-state index in [0.717, 1.165) is 6.42 Å². The van der Waals surface area contributed by atoms with Gasteiger partial charge in [-0.25, -0.2) is 0 Å². The molecule has 1 heteroatoms. The summed E-state index contributed by atoms with van der Waals surface area (Å²) in [6.07, 6.45) is 14.3. The lowest BCUT2D eigenvalue weighted by molar-refractivity contribution is -0.00581. The summed E-state index contributed by atoms with van der Waals surface area (Å²) in [5.74, 6) is 1.26. The van der Waals surface area contributed by atoms with Crippen LogP contribution in [0.1, 0.15) is 58.3 Å². The zero-order chi connectivity index (χ0) is 10.7. The van der Waals surface area contributed by atoms with E-state index < -0.39 is 5.60 Å². The molecule has 0 aromatic carbocycles. The molecule has 0 aliphatic heterocycles. The van der Waals surface area contributed by atoms with Crippen molar-refractivity contribution in [2.45, 2.75) is 63.9 Å². The fourth-order valence-electron chi connectivity index (χ4n) is 3.18. The lowest BCUT2D eigenvalue weighted by Gasteiger charge is -2.39. The van der Waals surface area contributed by atoms with Crippen LogP contribution < -0.4 is 0 Å². The molecule has 0 bridgehead atoms. The highest BCUT2D eigenvalue weighted by atomic mass is 16.3. The van der Waals surface area contributed by atoms with E-state index in [4.69, 9.17) is 0 Å². The van der Waals surface area contributed by atoms with Crippen molar-refractivity contribution in [1.29, 1.82) is 0 Å². The van der Waals surface area contributed by atoms with Crippen LogP contribution in [0.5, 0.6) is 0 Å². The molecule has 2 aliphatic rings. The van der Waals surface area contributed by atoms with Crippen molar-refractivity contribution in [3.05, 3.63) is 12.2 Å². The summed E-state index contributed by atoms with van der Waals surface area (Å²) in [6.45, 7) is 2.24. The van der Waals surface area contributed by atoms with Gasteiger partial charge in [0.15, 0.2) is 0 Å². The summed E-state index contributed by atoms with van der Waals surface area (Å²) in [6, 6.07) is 0. The standard InChI is InChI=1S/C14H24O/c1-2-12-8-10-14(15,11-9-12)13-6-4-3-5-7-13/h8,10,12-13,15H,2-7,9,11H2,1H3. The molecule has 1 fully saturated rings. The van der Waals surface area contributed by atoms with E-state index in [1.807, 2.05) is 0 Å². The number of aliphatic hydroxyl groups is 1. The topological polar surface area (TPSA) is 20.2 Å². The maximum absolute atomic E-state index is 10.6. The van der Waals surface area contributed by atoms with Gasteiger partial charge >= 0.3 is 0 Å². The zero-order valence-electron chi connectivity index (χ0n) is 9.91. The van der Waals surface area contributed by atoms with Crippen LogP contribution in [-0.4, -0.2) is 10.7 Å². The molecule has 2 unspecified atom stereocenters. The summed E-state index contributed by atoms with van der Waals surface area (Å²) >= 11 is 0. The van der Waals surface area contributed by atoms with Crippen molar-refractivity contribution in [3.63, 3.8) is 0 Å². The molecular formula is C14H24O. The van der Waals surface area contributed by atoms with Crippen molar-refractivity contribution in [3.8, 4) is 0 Å². The quantitative estimate of drug-likeness (QED) is 0.686. The van der Waals surface area contributed by atoms with Gasteiger partial charge in [0.25, 0.3) is 0 Å². The highest BCUT2D eigenvalue weighted by Crippen LogP contribution is 2.40. The molecule has 0 heterocycles. The Labute approximate surface area is 93.6 Å². The first kappa shape index (κ1) is 11.2. The van der Waals surface area contributed by atoms with Crippen molar-refractivity contribution < 1.29 is 5.11 Å². The average molecular weight is 208 g/mol. The van der Waals surface area contributed by atoms with Crippen LogP contribution in [0, 0.1) is 11.8 Å². The van der Waals surface area contributed by atoms with Crippen LogP contribution in [0.25, 0.3) is 0 Å². The lowest BCUT2D eigenvalue weighted by Crippen LogP contribution is -2.39. The Morgan fingerprint density at radius 3 is 2.47 bits per heavy atom. The van der Waals surface area contributed by atoms with Crippen LogP contribution in [0.15, 0.2) is 12.2 Å². The Hall–Kier alpha value is -0.300. The molecule has 2 aliphatic carbocycles. The molecule has 1 nitrogen and oxygen atoms in total. The average Bonchev–Trinajstić information content (AvgIpc) is 2.31. The second-order valence-electron chi connectivity index (χ2n) is 5.39. The Morgan fingerprint density at radius 2 is 1.93 bits per heavy atom. The van der Waals surface area contributed by atoms with Gasteiger partial charge in [0.05, 0.1) is 5.60 Å². The second-order valence-corrected chi connectivity index (χ2v) is 5.39. The van der Waals surface area contributed by atoms with Gasteiger partial charge < -0.3 is 5.11 Å². The van der Waals surface area contributed by atoms with E-state index in [-0.39, 0.29) is 0 Å². The highest BCUT2D eigenvalue weighted by molar-refractivity contribution is 5.10. The van der Waals surface area contributed by atoms with Crippen LogP contribution in [0.2, 0.25) is 0 Å². The first-order valence-electron chi connectivity index (χ1n) is 6.66. The summed E-state index contributed by atoms with van der Waals surface area (Å²) < 4.78 is 0. The van der Waals surface area contributed by atoms with E-state index in [0.29, 0.717) is 11.8 Å².